The number of hydrogen-bond donors (Lipinski definition) is 2. The summed E-state index contributed by atoms with van der Waals surface area (Å²) in [6.45, 7) is 4.67. The predicted molar refractivity (Wildman–Crippen MR) is 82.9 cm³/mol. The molecule has 0 spiro atoms. The van der Waals surface area contributed by atoms with Gasteiger partial charge in [-0.05, 0) is 35.9 Å². The Bertz CT molecular complexity index is 635. The van der Waals surface area contributed by atoms with Crippen LogP contribution in [0.15, 0.2) is 48.5 Å². The fourth-order valence-corrected chi connectivity index (χ4v) is 1.96. The Morgan fingerprint density at radius 2 is 1.86 bits per heavy atom. The normalized spacial score (nSPS) is 11.2. The van der Waals surface area contributed by atoms with E-state index in [0.29, 0.717) is 17.8 Å². The van der Waals surface area contributed by atoms with Gasteiger partial charge in [-0.3, -0.25) is 4.79 Å². The Kier molecular flexibility index (Phi) is 4.38. The molecule has 0 bridgehead atoms. The number of rotatable bonds is 4. The molecule has 0 saturated heterocycles. The van der Waals surface area contributed by atoms with Crippen LogP contribution in [0.1, 0.15) is 29.8 Å². The van der Waals surface area contributed by atoms with E-state index in [-0.39, 0.29) is 11.3 Å². The molecule has 0 fully saturated rings. The van der Waals surface area contributed by atoms with E-state index in [4.69, 9.17) is 5.73 Å². The van der Waals surface area contributed by atoms with Crippen molar-refractivity contribution in [2.75, 3.05) is 11.9 Å². The van der Waals surface area contributed by atoms with E-state index in [1.54, 1.807) is 6.07 Å². The number of carbonyl (C=O) groups excluding carboxylic acids is 1. The SMILES string of the molecule is CC(C)(CN)c1ccc(NC(=O)c2cccc(F)c2)cc1. The first-order valence-electron chi connectivity index (χ1n) is 6.80. The maximum absolute atomic E-state index is 13.1. The van der Waals surface area contributed by atoms with Crippen LogP contribution in [-0.2, 0) is 5.41 Å². The zero-order chi connectivity index (χ0) is 15.5. The topological polar surface area (TPSA) is 55.1 Å². The zero-order valence-corrected chi connectivity index (χ0v) is 12.2. The van der Waals surface area contributed by atoms with E-state index < -0.39 is 5.82 Å². The van der Waals surface area contributed by atoms with Gasteiger partial charge in [0, 0.05) is 23.2 Å². The van der Waals surface area contributed by atoms with Gasteiger partial charge in [-0.15, -0.1) is 0 Å². The molecular weight excluding hydrogens is 267 g/mol. The average molecular weight is 286 g/mol. The second-order valence-electron chi connectivity index (χ2n) is 5.63. The quantitative estimate of drug-likeness (QED) is 0.906. The molecule has 2 aromatic rings. The summed E-state index contributed by atoms with van der Waals surface area (Å²) in [6.07, 6.45) is 0. The van der Waals surface area contributed by atoms with Crippen molar-refractivity contribution in [2.45, 2.75) is 19.3 Å². The summed E-state index contributed by atoms with van der Waals surface area (Å²) in [6, 6.07) is 13.1. The van der Waals surface area contributed by atoms with E-state index in [1.165, 1.54) is 18.2 Å². The Hall–Kier alpha value is -2.20. The predicted octanol–water partition coefficient (Wildman–Crippen LogP) is 3.31. The molecule has 0 aliphatic rings. The molecule has 1 amide bonds. The number of nitrogens with one attached hydrogen (secondary N) is 1. The zero-order valence-electron chi connectivity index (χ0n) is 12.2. The van der Waals surface area contributed by atoms with Crippen molar-refractivity contribution < 1.29 is 9.18 Å². The van der Waals surface area contributed by atoms with Crippen molar-refractivity contribution in [1.82, 2.24) is 0 Å². The summed E-state index contributed by atoms with van der Waals surface area (Å²) in [4.78, 5) is 12.0. The van der Waals surface area contributed by atoms with Crippen LogP contribution in [0.2, 0.25) is 0 Å². The van der Waals surface area contributed by atoms with E-state index in [9.17, 15) is 9.18 Å². The fourth-order valence-electron chi connectivity index (χ4n) is 1.96. The van der Waals surface area contributed by atoms with Crippen LogP contribution in [0, 0.1) is 5.82 Å². The molecule has 0 atom stereocenters. The van der Waals surface area contributed by atoms with Crippen molar-refractivity contribution in [1.29, 1.82) is 0 Å². The van der Waals surface area contributed by atoms with Gasteiger partial charge in [-0.1, -0.05) is 32.0 Å². The minimum atomic E-state index is -0.428. The summed E-state index contributed by atoms with van der Waals surface area (Å²) >= 11 is 0. The third-order valence-electron chi connectivity index (χ3n) is 3.52. The summed E-state index contributed by atoms with van der Waals surface area (Å²) < 4.78 is 13.1. The van der Waals surface area contributed by atoms with Crippen molar-refractivity contribution in [3.63, 3.8) is 0 Å². The molecule has 21 heavy (non-hydrogen) atoms. The molecule has 2 aromatic carbocycles. The van der Waals surface area contributed by atoms with Crippen molar-refractivity contribution in [2.24, 2.45) is 5.73 Å². The first kappa shape index (κ1) is 15.2. The van der Waals surface area contributed by atoms with E-state index in [1.807, 2.05) is 24.3 Å². The Morgan fingerprint density at radius 3 is 2.43 bits per heavy atom. The molecule has 0 aromatic heterocycles. The minimum Gasteiger partial charge on any atom is -0.330 e. The molecule has 0 aliphatic carbocycles. The highest BCUT2D eigenvalue weighted by Gasteiger charge is 2.18. The van der Waals surface area contributed by atoms with Gasteiger partial charge >= 0.3 is 0 Å². The third-order valence-corrected chi connectivity index (χ3v) is 3.52. The highest BCUT2D eigenvalue weighted by Crippen LogP contribution is 2.23. The number of carbonyl (C=O) groups is 1. The van der Waals surface area contributed by atoms with E-state index in [0.717, 1.165) is 5.56 Å². The Morgan fingerprint density at radius 1 is 1.19 bits per heavy atom. The Balaban J connectivity index is 2.12. The molecule has 0 aliphatic heterocycles. The highest BCUT2D eigenvalue weighted by molar-refractivity contribution is 6.04. The molecule has 2 rings (SSSR count). The van der Waals surface area contributed by atoms with Gasteiger partial charge in [-0.2, -0.15) is 0 Å². The van der Waals surface area contributed by atoms with Crippen LogP contribution in [0.5, 0.6) is 0 Å². The fraction of sp³-hybridized carbons (Fsp3) is 0.235. The number of amides is 1. The number of benzene rings is 2. The van der Waals surface area contributed by atoms with Crippen LogP contribution in [0.4, 0.5) is 10.1 Å². The molecule has 0 radical (unpaired) electrons. The summed E-state index contributed by atoms with van der Waals surface area (Å²) in [5.74, 6) is -0.761. The van der Waals surface area contributed by atoms with Gasteiger partial charge in [0.15, 0.2) is 0 Å². The minimum absolute atomic E-state index is 0.106. The largest absolute Gasteiger partial charge is 0.330 e. The first-order valence-corrected chi connectivity index (χ1v) is 6.80. The second-order valence-corrected chi connectivity index (χ2v) is 5.63. The summed E-state index contributed by atoms with van der Waals surface area (Å²) in [7, 11) is 0. The average Bonchev–Trinajstić information content (AvgIpc) is 2.48. The van der Waals surface area contributed by atoms with Crippen molar-refractivity contribution >= 4 is 11.6 Å². The third kappa shape index (κ3) is 3.67. The van der Waals surface area contributed by atoms with Crippen LogP contribution in [-0.4, -0.2) is 12.5 Å². The molecule has 3 nitrogen and oxygen atoms in total. The number of hydrogen-bond acceptors (Lipinski definition) is 2. The molecular formula is C17H19FN2O. The number of halogens is 1. The maximum Gasteiger partial charge on any atom is 0.255 e. The lowest BCUT2D eigenvalue weighted by Crippen LogP contribution is -2.27. The van der Waals surface area contributed by atoms with Gasteiger partial charge in [-0.25, -0.2) is 4.39 Å². The Labute approximate surface area is 124 Å². The van der Waals surface area contributed by atoms with Crippen molar-refractivity contribution in [3.05, 3.63) is 65.5 Å². The van der Waals surface area contributed by atoms with E-state index in [2.05, 4.69) is 19.2 Å². The van der Waals surface area contributed by atoms with Gasteiger partial charge in [0.25, 0.3) is 5.91 Å². The smallest absolute Gasteiger partial charge is 0.255 e. The number of nitrogens with two attached hydrogens (primary N) is 1. The molecule has 4 heteroatoms. The standard InChI is InChI=1S/C17H19FN2O/c1-17(2,11-19)13-6-8-15(9-7-13)20-16(21)12-4-3-5-14(18)10-12/h3-10H,11,19H2,1-2H3,(H,20,21). The molecule has 0 unspecified atom stereocenters. The maximum atomic E-state index is 13.1. The lowest BCUT2D eigenvalue weighted by molar-refractivity contribution is 0.102. The summed E-state index contributed by atoms with van der Waals surface area (Å²) in [5, 5.41) is 2.75. The highest BCUT2D eigenvalue weighted by atomic mass is 19.1. The van der Waals surface area contributed by atoms with Crippen LogP contribution in [0.3, 0.4) is 0 Å². The molecule has 0 saturated carbocycles. The second kappa shape index (κ2) is 6.06. The van der Waals surface area contributed by atoms with Crippen LogP contribution in [0.25, 0.3) is 0 Å². The molecule has 110 valence electrons. The van der Waals surface area contributed by atoms with Gasteiger partial charge in [0.1, 0.15) is 5.82 Å². The lowest BCUT2D eigenvalue weighted by atomic mass is 9.85. The molecule has 3 N–H and O–H groups in total. The monoisotopic (exact) mass is 286 g/mol. The van der Waals surface area contributed by atoms with Crippen LogP contribution < -0.4 is 11.1 Å². The van der Waals surface area contributed by atoms with Gasteiger partial charge in [0.2, 0.25) is 0 Å². The van der Waals surface area contributed by atoms with Gasteiger partial charge < -0.3 is 11.1 Å². The van der Waals surface area contributed by atoms with E-state index >= 15 is 0 Å². The first-order chi connectivity index (χ1) is 9.92. The van der Waals surface area contributed by atoms with Crippen molar-refractivity contribution in [3.8, 4) is 0 Å². The lowest BCUT2D eigenvalue weighted by Gasteiger charge is -2.23. The van der Waals surface area contributed by atoms with Gasteiger partial charge in [0.05, 0.1) is 0 Å². The summed E-state index contributed by atoms with van der Waals surface area (Å²) in [5.41, 5.74) is 7.70. The van der Waals surface area contributed by atoms with Crippen LogP contribution >= 0.6 is 0 Å². The molecule has 0 heterocycles. The number of anilines is 1.